The van der Waals surface area contributed by atoms with Crippen molar-refractivity contribution in [1.29, 1.82) is 0 Å². The zero-order valence-electron chi connectivity index (χ0n) is 28.4. The number of aromatic nitrogens is 3. The largest absolute Gasteiger partial charge is 0.497 e. The Kier molecular flexibility index (Phi) is 8.66. The van der Waals surface area contributed by atoms with Crippen LogP contribution < -0.4 is 14.5 Å². The van der Waals surface area contributed by atoms with Crippen LogP contribution in [-0.2, 0) is 44.8 Å². The van der Waals surface area contributed by atoms with Gasteiger partial charge in [-0.25, -0.2) is 4.79 Å². The maximum atomic E-state index is 15.0. The molecule has 7 rings (SSSR count). The quantitative estimate of drug-likeness (QED) is 0.231. The number of carbonyl (C=O) groups excluding carboxylic acids is 2. The number of cyclic esters (lactones) is 1. The molecular formula is C38H43N5O6. The predicted molar refractivity (Wildman–Crippen MR) is 183 cm³/mol. The van der Waals surface area contributed by atoms with E-state index in [1.165, 1.54) is 0 Å². The van der Waals surface area contributed by atoms with Crippen molar-refractivity contribution in [2.75, 3.05) is 36.7 Å². The molecule has 0 aliphatic carbocycles. The molecule has 0 unspecified atom stereocenters. The highest BCUT2D eigenvalue weighted by molar-refractivity contribution is 6.07. The van der Waals surface area contributed by atoms with Crippen molar-refractivity contribution in [1.82, 2.24) is 15.0 Å². The van der Waals surface area contributed by atoms with Crippen molar-refractivity contribution in [3.8, 4) is 5.75 Å². The summed E-state index contributed by atoms with van der Waals surface area (Å²) in [6, 6.07) is 23.8. The zero-order chi connectivity index (χ0) is 34.3. The maximum Gasteiger partial charge on any atom is 0.414 e. The van der Waals surface area contributed by atoms with Gasteiger partial charge in [0.05, 0.1) is 37.7 Å². The molecule has 0 radical (unpaired) electrons. The van der Waals surface area contributed by atoms with Gasteiger partial charge in [0, 0.05) is 48.9 Å². The number of aliphatic hydroxyl groups is 1. The van der Waals surface area contributed by atoms with E-state index in [0.717, 1.165) is 39.5 Å². The van der Waals surface area contributed by atoms with Crippen LogP contribution in [0.3, 0.4) is 0 Å². The van der Waals surface area contributed by atoms with Crippen LogP contribution in [0.2, 0.25) is 0 Å². The van der Waals surface area contributed by atoms with Crippen LogP contribution in [0, 0.1) is 11.8 Å². The molecule has 1 spiro atoms. The number of methoxy groups -OCH3 is 1. The summed E-state index contributed by atoms with van der Waals surface area (Å²) >= 11 is 0. The van der Waals surface area contributed by atoms with Crippen molar-refractivity contribution in [2.24, 2.45) is 11.8 Å². The summed E-state index contributed by atoms with van der Waals surface area (Å²) in [6.07, 6.45) is 2.26. The summed E-state index contributed by atoms with van der Waals surface area (Å²) in [4.78, 5) is 30.8. The zero-order valence-corrected chi connectivity index (χ0v) is 28.4. The van der Waals surface area contributed by atoms with Crippen molar-refractivity contribution in [2.45, 2.75) is 63.8 Å². The molecule has 4 aromatic rings. The highest BCUT2D eigenvalue weighted by Gasteiger charge is 2.65. The molecule has 256 valence electrons. The molecule has 3 aliphatic rings. The highest BCUT2D eigenvalue weighted by Crippen LogP contribution is 2.60. The Balaban J connectivity index is 1.25. The number of amides is 2. The summed E-state index contributed by atoms with van der Waals surface area (Å²) in [7, 11) is 1.66. The third kappa shape index (κ3) is 5.64. The summed E-state index contributed by atoms with van der Waals surface area (Å²) in [5, 5.41) is 17.9. The van der Waals surface area contributed by atoms with E-state index in [0.29, 0.717) is 39.1 Å². The van der Waals surface area contributed by atoms with Gasteiger partial charge >= 0.3 is 6.09 Å². The number of nitrogens with zero attached hydrogens (tertiary/aromatic N) is 5. The summed E-state index contributed by atoms with van der Waals surface area (Å²) < 4.78 is 19.6. The first-order valence-electron chi connectivity index (χ1n) is 16.9. The molecule has 3 aliphatic heterocycles. The Morgan fingerprint density at radius 3 is 2.59 bits per heavy atom. The van der Waals surface area contributed by atoms with Gasteiger partial charge in [0.2, 0.25) is 0 Å². The maximum absolute atomic E-state index is 15.0. The minimum atomic E-state index is -1.20. The van der Waals surface area contributed by atoms with E-state index >= 15 is 4.79 Å². The fraction of sp³-hybridized carbons (Fsp3) is 0.421. The number of aryl methyl sites for hydroxylation is 1. The molecule has 49 heavy (non-hydrogen) atoms. The highest BCUT2D eigenvalue weighted by atomic mass is 16.6. The second-order valence-electron chi connectivity index (χ2n) is 13.7. The van der Waals surface area contributed by atoms with E-state index in [1.54, 1.807) is 16.7 Å². The van der Waals surface area contributed by atoms with E-state index in [4.69, 9.17) is 14.2 Å². The number of anilines is 2. The van der Waals surface area contributed by atoms with Crippen LogP contribution in [0.1, 0.15) is 49.6 Å². The number of hydrogen-bond acceptors (Lipinski definition) is 8. The molecule has 0 bridgehead atoms. The fourth-order valence-electron chi connectivity index (χ4n) is 8.26. The topological polar surface area (TPSA) is 119 Å². The number of aliphatic hydroxyl groups excluding tert-OH is 1. The monoisotopic (exact) mass is 665 g/mol. The number of rotatable bonds is 11. The summed E-state index contributed by atoms with van der Waals surface area (Å²) in [5.74, 6) is 0.452. The lowest BCUT2D eigenvalue weighted by Crippen LogP contribution is -2.45. The second kappa shape index (κ2) is 12.9. The van der Waals surface area contributed by atoms with E-state index in [-0.39, 0.29) is 42.0 Å². The molecule has 0 saturated carbocycles. The number of hydrogen-bond donors (Lipinski definition) is 1. The van der Waals surface area contributed by atoms with E-state index in [9.17, 15) is 9.90 Å². The molecule has 1 aromatic heterocycles. The van der Waals surface area contributed by atoms with Gasteiger partial charge in [-0.05, 0) is 53.3 Å². The lowest BCUT2D eigenvalue weighted by Gasteiger charge is -2.38. The van der Waals surface area contributed by atoms with Crippen molar-refractivity contribution in [3.05, 3.63) is 101 Å². The fourth-order valence-corrected chi connectivity index (χ4v) is 8.26. The minimum Gasteiger partial charge on any atom is -0.497 e. The number of carbonyl (C=O) groups is 2. The number of ether oxygens (including phenoxy) is 3. The first-order valence-corrected chi connectivity index (χ1v) is 16.9. The average Bonchev–Trinajstić information content (AvgIpc) is 3.87. The van der Waals surface area contributed by atoms with Crippen LogP contribution in [0.25, 0.3) is 0 Å². The average molecular weight is 666 g/mol. The second-order valence-corrected chi connectivity index (χ2v) is 13.7. The third-order valence-corrected chi connectivity index (χ3v) is 10.7. The van der Waals surface area contributed by atoms with Gasteiger partial charge in [-0.2, -0.15) is 0 Å². The van der Waals surface area contributed by atoms with Gasteiger partial charge in [0.1, 0.15) is 12.4 Å². The Bertz CT molecular complexity index is 1840. The Morgan fingerprint density at radius 1 is 1.06 bits per heavy atom. The molecule has 11 nitrogen and oxygen atoms in total. The Hall–Kier alpha value is -4.74. The molecule has 11 heteroatoms. The van der Waals surface area contributed by atoms with Crippen LogP contribution in [0.5, 0.6) is 5.75 Å². The van der Waals surface area contributed by atoms with Crippen molar-refractivity contribution < 1.29 is 28.9 Å². The van der Waals surface area contributed by atoms with Gasteiger partial charge < -0.3 is 24.2 Å². The summed E-state index contributed by atoms with van der Waals surface area (Å²) in [6.45, 7) is 8.36. The molecule has 4 atom stereocenters. The molecular weight excluding hydrogens is 622 g/mol. The van der Waals surface area contributed by atoms with E-state index in [2.05, 4.69) is 43.2 Å². The van der Waals surface area contributed by atoms with E-state index < -0.39 is 5.60 Å². The lowest BCUT2D eigenvalue weighted by molar-refractivity contribution is -0.146. The van der Waals surface area contributed by atoms with Gasteiger partial charge in [0.15, 0.2) is 5.60 Å². The van der Waals surface area contributed by atoms with Crippen molar-refractivity contribution in [3.63, 3.8) is 0 Å². The lowest BCUT2D eigenvalue weighted by atomic mass is 9.63. The number of benzene rings is 3. The molecule has 2 amide bonds. The smallest absolute Gasteiger partial charge is 0.414 e. The van der Waals surface area contributed by atoms with Gasteiger partial charge in [-0.1, -0.05) is 68.4 Å². The summed E-state index contributed by atoms with van der Waals surface area (Å²) in [5.41, 5.74) is 3.64. The number of fused-ring (bicyclic) bond motifs is 2. The normalized spacial score (nSPS) is 23.4. The minimum absolute atomic E-state index is 0.00962. The van der Waals surface area contributed by atoms with Gasteiger partial charge in [-0.3, -0.25) is 14.4 Å². The van der Waals surface area contributed by atoms with Gasteiger partial charge in [0.25, 0.3) is 5.91 Å². The molecule has 2 fully saturated rings. The standard InChI is InChI=1S/C38H43N5O6/c1-25-34(37(2,3)27-12-14-30(47-4)15-13-27)33(16-18-41-24-28(17-20-44)39-40-41)49-38(25)31-10-5-6-11-32(31)43(35(38)45)23-26-8-7-9-29(22-26)42-19-21-48-36(42)46/h5-15,22,24-25,33-34,44H,16-21,23H2,1-4H3/t25-,33+,34-,38+/m0/s1. The molecule has 4 heterocycles. The van der Waals surface area contributed by atoms with Crippen LogP contribution in [0.4, 0.5) is 16.2 Å². The molecule has 3 aromatic carbocycles. The SMILES string of the molecule is COc1ccc(C(C)(C)[C@@H]2[C@@H](CCn3cc(CCO)nn3)O[C@]3(C(=O)N(Cc4cccc(N5CCOC5=O)c4)c4ccccc43)[C@H]2C)cc1. The van der Waals surface area contributed by atoms with Crippen LogP contribution >= 0.6 is 0 Å². The third-order valence-electron chi connectivity index (χ3n) is 10.7. The first-order chi connectivity index (χ1) is 23.7. The molecule has 2 saturated heterocycles. The van der Waals surface area contributed by atoms with Crippen molar-refractivity contribution >= 4 is 23.4 Å². The number of para-hydroxylation sites is 1. The first kappa shape index (κ1) is 32.8. The van der Waals surface area contributed by atoms with E-state index in [1.807, 2.05) is 71.8 Å². The van der Waals surface area contributed by atoms with Crippen LogP contribution in [-0.4, -0.2) is 65.1 Å². The van der Waals surface area contributed by atoms with Crippen LogP contribution in [0.15, 0.2) is 79.0 Å². The molecule has 1 N–H and O–H groups in total. The Labute approximate surface area is 286 Å². The predicted octanol–water partition coefficient (Wildman–Crippen LogP) is 5.24. The Morgan fingerprint density at radius 2 is 1.86 bits per heavy atom. The van der Waals surface area contributed by atoms with Gasteiger partial charge in [-0.15, -0.1) is 5.10 Å².